The van der Waals surface area contributed by atoms with E-state index in [4.69, 9.17) is 16.3 Å². The molecule has 2 aromatic carbocycles. The van der Waals surface area contributed by atoms with E-state index in [0.717, 1.165) is 4.90 Å². The molecule has 1 fully saturated rings. The molecule has 2 aliphatic rings. The van der Waals surface area contributed by atoms with Crippen molar-refractivity contribution in [2.75, 3.05) is 16.5 Å². The highest BCUT2D eigenvalue weighted by atomic mass is 35.5. The summed E-state index contributed by atoms with van der Waals surface area (Å²) in [6, 6.07) is 10.5. The number of hydrogen-bond acceptors (Lipinski definition) is 8. The second-order valence-electron chi connectivity index (χ2n) is 6.71. The van der Waals surface area contributed by atoms with E-state index in [-0.39, 0.29) is 18.0 Å². The maximum Gasteiger partial charge on any atom is 0.355 e. The van der Waals surface area contributed by atoms with Gasteiger partial charge in [0.05, 0.1) is 17.2 Å². The van der Waals surface area contributed by atoms with Crippen molar-refractivity contribution in [1.29, 1.82) is 0 Å². The summed E-state index contributed by atoms with van der Waals surface area (Å²) in [7, 11) is 0. The fraction of sp³-hybridized carbons (Fsp3) is 0.200. The molecule has 0 aliphatic carbocycles. The predicted octanol–water partition coefficient (Wildman–Crippen LogP) is 2.55. The Labute approximate surface area is 180 Å². The molecule has 11 heteroatoms. The smallest absolute Gasteiger partial charge is 0.355 e. The molecular formula is C20H15ClN4O6. The minimum atomic E-state index is -1.26. The van der Waals surface area contributed by atoms with Crippen molar-refractivity contribution >= 4 is 52.2 Å². The van der Waals surface area contributed by atoms with Crippen LogP contribution in [0.2, 0.25) is 5.02 Å². The molecule has 31 heavy (non-hydrogen) atoms. The van der Waals surface area contributed by atoms with Crippen molar-refractivity contribution in [3.63, 3.8) is 0 Å². The number of fused-ring (bicyclic) bond motifs is 1. The second kappa shape index (κ2) is 7.80. The van der Waals surface area contributed by atoms with Gasteiger partial charge in [-0.1, -0.05) is 23.7 Å². The Morgan fingerprint density at radius 2 is 1.84 bits per heavy atom. The summed E-state index contributed by atoms with van der Waals surface area (Å²) in [6.07, 6.45) is 0. The van der Waals surface area contributed by atoms with Gasteiger partial charge in [-0.15, -0.1) is 0 Å². The molecular weight excluding hydrogens is 428 g/mol. The minimum absolute atomic E-state index is 0.0478. The molecule has 10 nitrogen and oxygen atoms in total. The fourth-order valence-electron chi connectivity index (χ4n) is 3.64. The Bertz CT molecular complexity index is 1130. The van der Waals surface area contributed by atoms with Crippen LogP contribution in [0.25, 0.3) is 0 Å². The third kappa shape index (κ3) is 3.30. The quantitative estimate of drug-likeness (QED) is 0.302. The average Bonchev–Trinajstić information content (AvgIpc) is 3.26. The number of nitrogens with zero attached hydrogens (tertiary/aromatic N) is 4. The number of hydrogen-bond donors (Lipinski definition) is 0. The van der Waals surface area contributed by atoms with Gasteiger partial charge in [0.2, 0.25) is 5.91 Å². The summed E-state index contributed by atoms with van der Waals surface area (Å²) < 4.78 is 5.02. The fourth-order valence-corrected chi connectivity index (χ4v) is 3.77. The number of benzene rings is 2. The molecule has 158 valence electrons. The lowest BCUT2D eigenvalue weighted by Gasteiger charge is -2.22. The lowest BCUT2D eigenvalue weighted by molar-refractivity contribution is -0.384. The molecule has 4 rings (SSSR count). The Kier molecular flexibility index (Phi) is 5.15. The number of ether oxygens (including phenoxy) is 1. The van der Waals surface area contributed by atoms with Crippen LogP contribution in [0.15, 0.2) is 53.6 Å². The van der Waals surface area contributed by atoms with E-state index >= 15 is 0 Å². The van der Waals surface area contributed by atoms with Gasteiger partial charge in [-0.2, -0.15) is 5.10 Å². The molecule has 0 aromatic heterocycles. The summed E-state index contributed by atoms with van der Waals surface area (Å²) in [4.78, 5) is 50.6. The van der Waals surface area contributed by atoms with Crippen LogP contribution in [-0.4, -0.2) is 41.1 Å². The first-order chi connectivity index (χ1) is 14.8. The van der Waals surface area contributed by atoms with Gasteiger partial charge in [0.1, 0.15) is 17.6 Å². The summed E-state index contributed by atoms with van der Waals surface area (Å²) >= 11 is 5.93. The van der Waals surface area contributed by atoms with Gasteiger partial charge in [-0.3, -0.25) is 24.7 Å². The number of nitro groups is 1. The third-order valence-electron chi connectivity index (χ3n) is 4.94. The van der Waals surface area contributed by atoms with Gasteiger partial charge in [0, 0.05) is 11.1 Å². The van der Waals surface area contributed by atoms with Crippen molar-refractivity contribution in [1.82, 2.24) is 0 Å². The van der Waals surface area contributed by atoms with E-state index in [0.29, 0.717) is 10.7 Å². The lowest BCUT2D eigenvalue weighted by atomic mass is 9.98. The van der Waals surface area contributed by atoms with E-state index in [9.17, 15) is 24.5 Å². The van der Waals surface area contributed by atoms with Gasteiger partial charge in [0.15, 0.2) is 5.71 Å². The number of nitro benzene ring substituents is 1. The predicted molar refractivity (Wildman–Crippen MR) is 111 cm³/mol. The number of anilines is 2. The van der Waals surface area contributed by atoms with E-state index in [2.05, 4.69) is 5.10 Å². The van der Waals surface area contributed by atoms with Crippen LogP contribution in [-0.2, 0) is 19.1 Å². The number of amides is 2. The molecule has 0 unspecified atom stereocenters. The summed E-state index contributed by atoms with van der Waals surface area (Å²) in [5.41, 5.74) is -0.390. The van der Waals surface area contributed by atoms with Crippen LogP contribution in [0.4, 0.5) is 17.1 Å². The number of para-hydroxylation sites is 2. The average molecular weight is 443 g/mol. The van der Waals surface area contributed by atoms with Gasteiger partial charge in [0.25, 0.3) is 11.6 Å². The molecule has 2 amide bonds. The lowest BCUT2D eigenvalue weighted by Crippen LogP contribution is -2.39. The van der Waals surface area contributed by atoms with Gasteiger partial charge in [-0.05, 0) is 37.3 Å². The molecule has 0 saturated carbocycles. The number of imide groups is 1. The second-order valence-corrected chi connectivity index (χ2v) is 7.14. The molecule has 0 spiro atoms. The zero-order valence-corrected chi connectivity index (χ0v) is 16.9. The molecule has 2 heterocycles. The summed E-state index contributed by atoms with van der Waals surface area (Å²) in [5.74, 6) is -3.61. The van der Waals surface area contributed by atoms with Crippen molar-refractivity contribution in [2.45, 2.75) is 13.0 Å². The molecule has 2 atom stereocenters. The molecule has 0 bridgehead atoms. The van der Waals surface area contributed by atoms with Crippen LogP contribution < -0.4 is 9.91 Å². The van der Waals surface area contributed by atoms with E-state index in [1.807, 2.05) is 0 Å². The topological polar surface area (TPSA) is 122 Å². The van der Waals surface area contributed by atoms with Gasteiger partial charge >= 0.3 is 5.97 Å². The van der Waals surface area contributed by atoms with Crippen LogP contribution in [0.3, 0.4) is 0 Å². The van der Waals surface area contributed by atoms with Gasteiger partial charge in [-0.25, -0.2) is 9.69 Å². The normalized spacial score (nSPS) is 20.0. The summed E-state index contributed by atoms with van der Waals surface area (Å²) in [5, 5.41) is 17.4. The Hall–Kier alpha value is -3.79. The number of carbonyl (C=O) groups excluding carboxylic acids is 3. The van der Waals surface area contributed by atoms with Crippen LogP contribution in [0.1, 0.15) is 6.92 Å². The van der Waals surface area contributed by atoms with Crippen LogP contribution >= 0.6 is 11.6 Å². The zero-order valence-electron chi connectivity index (χ0n) is 16.1. The number of esters is 1. The Morgan fingerprint density at radius 1 is 1.16 bits per heavy atom. The number of hydrazone groups is 1. The maximum absolute atomic E-state index is 13.3. The van der Waals surface area contributed by atoms with Crippen LogP contribution in [0.5, 0.6) is 0 Å². The first kappa shape index (κ1) is 20.5. The molecule has 2 aromatic rings. The largest absolute Gasteiger partial charge is 0.461 e. The summed E-state index contributed by atoms with van der Waals surface area (Å²) in [6.45, 7) is 1.65. The minimum Gasteiger partial charge on any atom is -0.461 e. The van der Waals surface area contributed by atoms with Crippen molar-refractivity contribution in [3.05, 3.63) is 63.7 Å². The Morgan fingerprint density at radius 3 is 2.48 bits per heavy atom. The number of rotatable bonds is 5. The maximum atomic E-state index is 13.3. The van der Waals surface area contributed by atoms with Crippen LogP contribution in [0, 0.1) is 16.0 Å². The van der Waals surface area contributed by atoms with Gasteiger partial charge < -0.3 is 4.74 Å². The van der Waals surface area contributed by atoms with Crippen molar-refractivity contribution < 1.29 is 24.0 Å². The first-order valence-corrected chi connectivity index (χ1v) is 9.64. The molecule has 1 saturated heterocycles. The highest BCUT2D eigenvalue weighted by molar-refractivity contribution is 6.47. The zero-order chi connectivity index (χ0) is 22.3. The highest BCUT2D eigenvalue weighted by Gasteiger charge is 2.59. The number of carbonyl (C=O) groups is 3. The molecule has 2 aliphatic heterocycles. The van der Waals surface area contributed by atoms with E-state index < -0.39 is 40.4 Å². The third-order valence-corrected chi connectivity index (χ3v) is 5.20. The Balaban J connectivity index is 1.82. The van der Waals surface area contributed by atoms with Crippen molar-refractivity contribution in [2.24, 2.45) is 11.0 Å². The highest BCUT2D eigenvalue weighted by Crippen LogP contribution is 2.40. The van der Waals surface area contributed by atoms with Crippen molar-refractivity contribution in [3.8, 4) is 0 Å². The number of halogens is 1. The van der Waals surface area contributed by atoms with E-state index in [1.165, 1.54) is 29.3 Å². The monoisotopic (exact) mass is 442 g/mol. The molecule has 0 radical (unpaired) electrons. The standard InChI is InChI=1S/C20H15ClN4O6/c1-2-31-20(28)16-15-17(24(22-16)12-9-7-11(21)8-10-12)19(27)23(18(15)26)13-5-3-4-6-14(13)25(29)30/h3-10,15,17H,2H2,1H3/t15-,17-/m1/s1. The molecule has 0 N–H and O–H groups in total. The van der Waals surface area contributed by atoms with E-state index in [1.54, 1.807) is 31.2 Å². The first-order valence-electron chi connectivity index (χ1n) is 9.26. The SMILES string of the molecule is CCOC(=O)C1=NN(c2ccc(Cl)cc2)[C@H]2C(=O)N(c3ccccc3[N+](=O)[O-])C(=O)[C@H]12.